The first-order chi connectivity index (χ1) is 13.3. The zero-order valence-electron chi connectivity index (χ0n) is 15.3. The number of carbonyl (C=O) groups excluding carboxylic acids is 2. The zero-order chi connectivity index (χ0) is 20.7. The van der Waals surface area contributed by atoms with Crippen LogP contribution in [0.4, 0.5) is 5.69 Å². The number of benzene rings is 2. The molecule has 0 saturated heterocycles. The summed E-state index contributed by atoms with van der Waals surface area (Å²) in [4.78, 5) is 24.7. The van der Waals surface area contributed by atoms with Crippen molar-refractivity contribution in [2.45, 2.75) is 13.0 Å². The average molecular weight is 424 g/mol. The Morgan fingerprint density at radius 1 is 1.18 bits per heavy atom. The molecule has 0 aliphatic heterocycles. The molecular weight excluding hydrogens is 405 g/mol. The van der Waals surface area contributed by atoms with Gasteiger partial charge in [0.25, 0.3) is 5.91 Å². The second-order valence-electron chi connectivity index (χ2n) is 5.63. The molecule has 1 N–H and O–H groups in total. The van der Waals surface area contributed by atoms with Crippen LogP contribution in [0.3, 0.4) is 0 Å². The van der Waals surface area contributed by atoms with Gasteiger partial charge in [-0.25, -0.2) is 4.79 Å². The monoisotopic (exact) mass is 423 g/mol. The summed E-state index contributed by atoms with van der Waals surface area (Å²) < 4.78 is 15.9. The van der Waals surface area contributed by atoms with E-state index in [1.807, 2.05) is 0 Å². The van der Waals surface area contributed by atoms with Crippen molar-refractivity contribution in [1.82, 2.24) is 0 Å². The zero-order valence-corrected chi connectivity index (χ0v) is 16.8. The quantitative estimate of drug-likeness (QED) is 0.489. The maximum atomic E-state index is 12.4. The molecule has 2 rings (SSSR count). The Morgan fingerprint density at radius 2 is 1.93 bits per heavy atom. The summed E-state index contributed by atoms with van der Waals surface area (Å²) >= 11 is 11.9. The van der Waals surface area contributed by atoms with Crippen LogP contribution in [0.2, 0.25) is 10.0 Å². The highest BCUT2D eigenvalue weighted by Crippen LogP contribution is 2.29. The molecule has 1 amide bonds. The Labute approximate surface area is 173 Å². The SMILES string of the molecule is C=CCOc1ccc(C(=O)OC(C)C(=O)Nc2cc(Cl)ccc2Cl)cc1OC. The lowest BCUT2D eigenvalue weighted by molar-refractivity contribution is -0.123. The Hall–Kier alpha value is -2.70. The molecule has 0 radical (unpaired) electrons. The number of hydrogen-bond acceptors (Lipinski definition) is 5. The summed E-state index contributed by atoms with van der Waals surface area (Å²) in [5.41, 5.74) is 0.538. The Morgan fingerprint density at radius 3 is 2.61 bits per heavy atom. The fourth-order valence-corrected chi connectivity index (χ4v) is 2.51. The number of amides is 1. The number of esters is 1. The first-order valence-electron chi connectivity index (χ1n) is 8.24. The van der Waals surface area contributed by atoms with Gasteiger partial charge in [-0.05, 0) is 43.3 Å². The van der Waals surface area contributed by atoms with Crippen LogP contribution in [-0.2, 0) is 9.53 Å². The maximum Gasteiger partial charge on any atom is 0.339 e. The first-order valence-corrected chi connectivity index (χ1v) is 9.00. The van der Waals surface area contributed by atoms with Crippen molar-refractivity contribution < 1.29 is 23.8 Å². The summed E-state index contributed by atoms with van der Waals surface area (Å²) in [6, 6.07) is 9.22. The van der Waals surface area contributed by atoms with E-state index in [0.29, 0.717) is 33.8 Å². The molecule has 148 valence electrons. The van der Waals surface area contributed by atoms with Crippen LogP contribution in [0.1, 0.15) is 17.3 Å². The fraction of sp³-hybridized carbons (Fsp3) is 0.200. The van der Waals surface area contributed by atoms with Crippen LogP contribution in [0.25, 0.3) is 0 Å². The number of carbonyl (C=O) groups is 2. The van der Waals surface area contributed by atoms with Gasteiger partial charge in [-0.1, -0.05) is 35.9 Å². The second-order valence-corrected chi connectivity index (χ2v) is 6.47. The summed E-state index contributed by atoms with van der Waals surface area (Å²) in [5, 5.41) is 3.30. The van der Waals surface area contributed by atoms with E-state index in [1.54, 1.807) is 24.3 Å². The van der Waals surface area contributed by atoms with Crippen molar-refractivity contribution in [3.05, 3.63) is 64.7 Å². The summed E-state index contributed by atoms with van der Waals surface area (Å²) in [5.74, 6) is -0.414. The summed E-state index contributed by atoms with van der Waals surface area (Å²) in [6.07, 6.45) is 0.527. The third-order valence-electron chi connectivity index (χ3n) is 3.60. The van der Waals surface area contributed by atoms with Gasteiger partial charge in [0.1, 0.15) is 6.61 Å². The molecule has 1 unspecified atom stereocenters. The van der Waals surface area contributed by atoms with Crippen molar-refractivity contribution >= 4 is 40.8 Å². The molecule has 0 fully saturated rings. The summed E-state index contributed by atoms with van der Waals surface area (Å²) in [7, 11) is 1.45. The van der Waals surface area contributed by atoms with Gasteiger partial charge in [0.05, 0.1) is 23.4 Å². The molecule has 0 bridgehead atoms. The van der Waals surface area contributed by atoms with Crippen LogP contribution in [0, 0.1) is 0 Å². The molecule has 0 saturated carbocycles. The normalized spacial score (nSPS) is 11.3. The molecule has 8 heteroatoms. The van der Waals surface area contributed by atoms with Crippen LogP contribution in [0.5, 0.6) is 11.5 Å². The molecule has 0 spiro atoms. The van der Waals surface area contributed by atoms with E-state index >= 15 is 0 Å². The highest BCUT2D eigenvalue weighted by molar-refractivity contribution is 6.35. The van der Waals surface area contributed by atoms with Crippen molar-refractivity contribution in [2.75, 3.05) is 19.0 Å². The van der Waals surface area contributed by atoms with Crippen LogP contribution in [0.15, 0.2) is 49.1 Å². The van der Waals surface area contributed by atoms with Gasteiger partial charge in [0.15, 0.2) is 17.6 Å². The third-order valence-corrected chi connectivity index (χ3v) is 4.16. The van der Waals surface area contributed by atoms with E-state index in [2.05, 4.69) is 11.9 Å². The molecule has 2 aromatic carbocycles. The van der Waals surface area contributed by atoms with Crippen molar-refractivity contribution in [3.63, 3.8) is 0 Å². The van der Waals surface area contributed by atoms with Gasteiger partial charge in [0, 0.05) is 5.02 Å². The molecule has 2 aromatic rings. The highest BCUT2D eigenvalue weighted by atomic mass is 35.5. The van der Waals surface area contributed by atoms with Gasteiger partial charge < -0.3 is 19.5 Å². The molecular formula is C20H19Cl2NO5. The largest absolute Gasteiger partial charge is 0.493 e. The van der Waals surface area contributed by atoms with Crippen molar-refractivity contribution in [2.24, 2.45) is 0 Å². The standard InChI is InChI=1S/C20H19Cl2NO5/c1-4-9-27-17-8-5-13(10-18(17)26-3)20(25)28-12(2)19(24)23-16-11-14(21)6-7-15(16)22/h4-8,10-12H,1,9H2,2-3H3,(H,23,24). The lowest BCUT2D eigenvalue weighted by Gasteiger charge is -2.15. The van der Waals surface area contributed by atoms with Crippen molar-refractivity contribution in [3.8, 4) is 11.5 Å². The lowest BCUT2D eigenvalue weighted by atomic mass is 10.2. The number of nitrogens with one attached hydrogen (secondary N) is 1. The van der Waals surface area contributed by atoms with E-state index in [-0.39, 0.29) is 5.56 Å². The summed E-state index contributed by atoms with van der Waals surface area (Å²) in [6.45, 7) is 5.32. The molecule has 0 aliphatic carbocycles. The van der Waals surface area contributed by atoms with E-state index in [1.165, 1.54) is 32.2 Å². The maximum absolute atomic E-state index is 12.4. The topological polar surface area (TPSA) is 73.9 Å². The first kappa shape index (κ1) is 21.6. The highest BCUT2D eigenvalue weighted by Gasteiger charge is 2.21. The number of anilines is 1. The number of ether oxygens (including phenoxy) is 3. The molecule has 0 aromatic heterocycles. The van der Waals surface area contributed by atoms with Gasteiger partial charge >= 0.3 is 5.97 Å². The molecule has 1 atom stereocenters. The van der Waals surface area contributed by atoms with Gasteiger partial charge in [-0.3, -0.25) is 4.79 Å². The Bertz CT molecular complexity index is 885. The molecule has 0 aliphatic rings. The minimum atomic E-state index is -1.06. The fourth-order valence-electron chi connectivity index (χ4n) is 2.17. The van der Waals surface area contributed by atoms with Gasteiger partial charge in [-0.15, -0.1) is 0 Å². The Balaban J connectivity index is 2.05. The second kappa shape index (κ2) is 10.0. The minimum Gasteiger partial charge on any atom is -0.493 e. The van der Waals surface area contributed by atoms with E-state index in [4.69, 9.17) is 37.4 Å². The van der Waals surface area contributed by atoms with E-state index in [0.717, 1.165) is 0 Å². The minimum absolute atomic E-state index is 0.211. The lowest BCUT2D eigenvalue weighted by Crippen LogP contribution is -2.30. The predicted molar refractivity (Wildman–Crippen MR) is 109 cm³/mol. The van der Waals surface area contributed by atoms with Crippen LogP contribution >= 0.6 is 23.2 Å². The van der Waals surface area contributed by atoms with Gasteiger partial charge in [-0.2, -0.15) is 0 Å². The number of rotatable bonds is 8. The van der Waals surface area contributed by atoms with Crippen LogP contribution in [-0.4, -0.2) is 31.7 Å². The number of hydrogen-bond donors (Lipinski definition) is 1. The molecule has 0 heterocycles. The van der Waals surface area contributed by atoms with Gasteiger partial charge in [0.2, 0.25) is 0 Å². The number of methoxy groups -OCH3 is 1. The third kappa shape index (κ3) is 5.65. The van der Waals surface area contributed by atoms with E-state index in [9.17, 15) is 9.59 Å². The van der Waals surface area contributed by atoms with E-state index < -0.39 is 18.0 Å². The average Bonchev–Trinajstić information content (AvgIpc) is 2.68. The molecule has 6 nitrogen and oxygen atoms in total. The smallest absolute Gasteiger partial charge is 0.339 e. The van der Waals surface area contributed by atoms with Crippen LogP contribution < -0.4 is 14.8 Å². The predicted octanol–water partition coefficient (Wildman–Crippen LogP) is 4.75. The van der Waals surface area contributed by atoms with Crippen molar-refractivity contribution in [1.29, 1.82) is 0 Å². The molecule has 28 heavy (non-hydrogen) atoms. The Kier molecular flexibility index (Phi) is 7.72. The number of halogens is 2.